The summed E-state index contributed by atoms with van der Waals surface area (Å²) >= 11 is 0. The van der Waals surface area contributed by atoms with Crippen molar-refractivity contribution in [1.29, 1.82) is 0 Å². The van der Waals surface area contributed by atoms with Crippen molar-refractivity contribution >= 4 is 0 Å². The highest BCUT2D eigenvalue weighted by Crippen LogP contribution is 2.66. The molecule has 2 spiro atoms. The van der Waals surface area contributed by atoms with Gasteiger partial charge in [0.15, 0.2) is 0 Å². The Bertz CT molecular complexity index is 1480. The summed E-state index contributed by atoms with van der Waals surface area (Å²) in [6, 6.07) is 11.8. The van der Waals surface area contributed by atoms with Gasteiger partial charge in [0.2, 0.25) is 12.6 Å². The molecule has 4 fully saturated rings. The Morgan fingerprint density at radius 3 is 1.26 bits per heavy atom. The van der Waals surface area contributed by atoms with Crippen LogP contribution in [0.1, 0.15) is 87.5 Å². The van der Waals surface area contributed by atoms with Gasteiger partial charge in [-0.2, -0.15) is 0 Å². The fraction of sp³-hybridized carbons (Fsp3) is 0.619. The van der Waals surface area contributed by atoms with Gasteiger partial charge in [-0.05, 0) is 73.2 Å². The molecule has 8 rings (SSSR count). The van der Waals surface area contributed by atoms with Crippen molar-refractivity contribution < 1.29 is 56.8 Å². The van der Waals surface area contributed by atoms with Crippen LogP contribution in [0.3, 0.4) is 0 Å². The average molecular weight is 753 g/mol. The van der Waals surface area contributed by atoms with Gasteiger partial charge < -0.3 is 56.8 Å². The largest absolute Gasteiger partial charge is 0.497 e. The van der Waals surface area contributed by atoms with E-state index in [2.05, 4.69) is 12.2 Å². The lowest BCUT2D eigenvalue weighted by molar-refractivity contribution is -0.195. The van der Waals surface area contributed by atoms with E-state index in [9.17, 15) is 0 Å². The van der Waals surface area contributed by atoms with Crippen LogP contribution in [-0.2, 0) is 37.9 Å². The number of hydrogen-bond acceptors (Lipinski definition) is 12. The molecule has 4 heterocycles. The number of ether oxygens (including phenoxy) is 12. The summed E-state index contributed by atoms with van der Waals surface area (Å²) in [6.45, 7) is 0.411. The van der Waals surface area contributed by atoms with Crippen LogP contribution in [-0.4, -0.2) is 80.0 Å². The van der Waals surface area contributed by atoms with Crippen LogP contribution in [0.5, 0.6) is 23.0 Å². The first-order valence-electron chi connectivity index (χ1n) is 19.0. The lowest BCUT2D eigenvalue weighted by Crippen LogP contribution is -2.50. The maximum atomic E-state index is 6.40. The average Bonchev–Trinajstić information content (AvgIpc) is 3.59. The Hall–Kier alpha value is -3.52. The monoisotopic (exact) mass is 752 g/mol. The number of methoxy groups -OCH3 is 6. The van der Waals surface area contributed by atoms with Gasteiger partial charge in [0.25, 0.3) is 0 Å². The first-order valence-corrected chi connectivity index (χ1v) is 19.0. The van der Waals surface area contributed by atoms with Gasteiger partial charge in [-0.15, -0.1) is 0 Å². The minimum absolute atomic E-state index is 0.206. The van der Waals surface area contributed by atoms with Crippen LogP contribution in [0, 0.1) is 10.8 Å². The van der Waals surface area contributed by atoms with Gasteiger partial charge in [-0.3, -0.25) is 0 Å². The third-order valence-corrected chi connectivity index (χ3v) is 12.5. The van der Waals surface area contributed by atoms with E-state index in [1.807, 2.05) is 36.4 Å². The molecule has 12 heteroatoms. The van der Waals surface area contributed by atoms with E-state index in [1.54, 1.807) is 55.2 Å². The van der Waals surface area contributed by atoms with Crippen molar-refractivity contribution in [2.75, 3.05) is 56.2 Å². The third-order valence-electron chi connectivity index (χ3n) is 12.5. The smallest absolute Gasteiger partial charge is 0.200 e. The van der Waals surface area contributed by atoms with Crippen molar-refractivity contribution in [2.24, 2.45) is 10.8 Å². The molecule has 0 amide bonds. The molecule has 2 saturated heterocycles. The fourth-order valence-corrected chi connectivity index (χ4v) is 10.1. The second kappa shape index (κ2) is 16.3. The molecule has 2 aromatic rings. The number of hydrogen-bond donors (Lipinski definition) is 0. The van der Waals surface area contributed by atoms with Crippen LogP contribution in [0.25, 0.3) is 0 Å². The zero-order valence-corrected chi connectivity index (χ0v) is 32.5. The highest BCUT2D eigenvalue weighted by molar-refractivity contribution is 5.42. The van der Waals surface area contributed by atoms with Crippen LogP contribution in [0.15, 0.2) is 61.1 Å². The van der Waals surface area contributed by atoms with Crippen LogP contribution in [0.4, 0.5) is 0 Å². The van der Waals surface area contributed by atoms with Gasteiger partial charge in [0.05, 0.1) is 53.2 Å². The molecule has 0 radical (unpaired) electrons. The zero-order chi connectivity index (χ0) is 37.8. The van der Waals surface area contributed by atoms with E-state index < -0.39 is 0 Å². The quantitative estimate of drug-likeness (QED) is 0.175. The molecule has 2 saturated carbocycles. The van der Waals surface area contributed by atoms with Gasteiger partial charge in [0.1, 0.15) is 47.8 Å². The maximum Gasteiger partial charge on any atom is 0.200 e. The summed E-state index contributed by atoms with van der Waals surface area (Å²) in [7, 11) is 9.92. The molecule has 0 unspecified atom stereocenters. The lowest BCUT2D eigenvalue weighted by atomic mass is 9.58. The minimum Gasteiger partial charge on any atom is -0.497 e. The van der Waals surface area contributed by atoms with Crippen molar-refractivity contribution in [1.82, 2.24) is 0 Å². The van der Waals surface area contributed by atoms with E-state index in [0.717, 1.165) is 98.3 Å². The standard InChI is InChI=1S/2C21H28O6/c2*1-22-14-26-19(15-10-16(23-2)12-17(11-15)24-3)20-6-4-5-7-21(20)8-9-25-18(13-20)27-21/h2*8-12,18-19H,4-7,13-14H2,1-3H3/t2*18-,19-,20+,21-/m10/s1. The summed E-state index contributed by atoms with van der Waals surface area (Å²) in [6.07, 6.45) is 17.0. The third kappa shape index (κ3) is 6.83. The zero-order valence-electron chi connectivity index (χ0n) is 32.5. The second-order valence-corrected chi connectivity index (χ2v) is 15.1. The highest BCUT2D eigenvalue weighted by atomic mass is 16.7. The van der Waals surface area contributed by atoms with Crippen molar-refractivity contribution in [3.05, 3.63) is 72.2 Å². The Balaban J connectivity index is 0.000000167. The molecule has 2 aliphatic carbocycles. The molecule has 8 atom stereocenters. The predicted molar refractivity (Wildman–Crippen MR) is 197 cm³/mol. The number of fused-ring (bicyclic) bond motifs is 2. The first kappa shape index (κ1) is 38.7. The van der Waals surface area contributed by atoms with Crippen LogP contribution < -0.4 is 18.9 Å². The Kier molecular flexibility index (Phi) is 11.7. The Morgan fingerprint density at radius 2 is 0.907 bits per heavy atom. The highest BCUT2D eigenvalue weighted by Gasteiger charge is 2.66. The van der Waals surface area contributed by atoms with E-state index in [0.29, 0.717) is 0 Å². The molecule has 0 aromatic heterocycles. The summed E-state index contributed by atoms with van der Waals surface area (Å²) in [5, 5.41) is 0. The van der Waals surface area contributed by atoms with Gasteiger partial charge in [0, 0.05) is 50.0 Å². The molecular weight excluding hydrogens is 696 g/mol. The van der Waals surface area contributed by atoms with Crippen LogP contribution >= 0.6 is 0 Å². The molecule has 296 valence electrons. The predicted octanol–water partition coefficient (Wildman–Crippen LogP) is 7.91. The summed E-state index contributed by atoms with van der Waals surface area (Å²) < 4.78 is 69.4. The van der Waals surface area contributed by atoms with E-state index in [-0.39, 0.29) is 60.4 Å². The van der Waals surface area contributed by atoms with E-state index in [1.165, 1.54) is 0 Å². The summed E-state index contributed by atoms with van der Waals surface area (Å²) in [5.74, 6) is 2.96. The van der Waals surface area contributed by atoms with Crippen molar-refractivity contribution in [3.63, 3.8) is 0 Å². The first-order chi connectivity index (χ1) is 26.3. The molecular formula is C42H56O12. The second-order valence-electron chi connectivity index (χ2n) is 15.1. The molecule has 12 nitrogen and oxygen atoms in total. The lowest BCUT2D eigenvalue weighted by Gasteiger charge is -2.50. The van der Waals surface area contributed by atoms with E-state index >= 15 is 0 Å². The Morgan fingerprint density at radius 1 is 0.537 bits per heavy atom. The van der Waals surface area contributed by atoms with Gasteiger partial charge >= 0.3 is 0 Å². The van der Waals surface area contributed by atoms with Crippen molar-refractivity contribution in [2.45, 2.75) is 100 Å². The SMILES string of the molecule is COCO[C@@H](c1cc(OC)cc(OC)c1)[C@]12CCCC[C@]13C=CO[C@H](C2)O3.COCO[C@H](c1cc(OC)cc(OC)c1)[C@@]12CCCC[C@@]13C=CO[C@@H](C2)O3. The topological polar surface area (TPSA) is 111 Å². The minimum atomic E-state index is -0.372. The molecule has 0 N–H and O–H groups in total. The molecule has 54 heavy (non-hydrogen) atoms. The van der Waals surface area contributed by atoms with Gasteiger partial charge in [-0.25, -0.2) is 0 Å². The number of benzene rings is 2. The summed E-state index contributed by atoms with van der Waals surface area (Å²) in [4.78, 5) is 0. The molecule has 6 aliphatic rings. The maximum absolute atomic E-state index is 6.40. The fourth-order valence-electron chi connectivity index (χ4n) is 10.1. The molecule has 4 aliphatic heterocycles. The summed E-state index contributed by atoms with van der Waals surface area (Å²) in [5.41, 5.74) is 0.826. The molecule has 4 bridgehead atoms. The normalized spacial score (nSPS) is 32.5. The van der Waals surface area contributed by atoms with Gasteiger partial charge in [-0.1, -0.05) is 25.7 Å². The molecule has 2 aromatic carbocycles. The van der Waals surface area contributed by atoms with E-state index in [4.69, 9.17) is 56.8 Å². The van der Waals surface area contributed by atoms with Crippen molar-refractivity contribution in [3.8, 4) is 23.0 Å². The Labute approximate surface area is 318 Å². The number of rotatable bonds is 14. The van der Waals surface area contributed by atoms with Crippen LogP contribution in [0.2, 0.25) is 0 Å².